The zero-order chi connectivity index (χ0) is 29.4. The van der Waals surface area contributed by atoms with E-state index >= 15 is 0 Å². The molecule has 2 atom stereocenters. The fourth-order valence-corrected chi connectivity index (χ4v) is 4.33. The molecule has 3 amide bonds. The van der Waals surface area contributed by atoms with Gasteiger partial charge in [-0.3, -0.25) is 14.4 Å². The molecule has 1 aliphatic rings. The molecule has 1 aliphatic heterocycles. The van der Waals surface area contributed by atoms with Gasteiger partial charge in [0.15, 0.2) is 12.0 Å². The van der Waals surface area contributed by atoms with Crippen LogP contribution in [-0.4, -0.2) is 64.9 Å². The zero-order valence-electron chi connectivity index (χ0n) is 23.5. The normalized spacial score (nSPS) is 16.1. The van der Waals surface area contributed by atoms with E-state index in [0.717, 1.165) is 4.90 Å². The van der Waals surface area contributed by atoms with E-state index in [1.807, 2.05) is 12.1 Å². The second-order valence-corrected chi connectivity index (χ2v) is 10.6. The summed E-state index contributed by atoms with van der Waals surface area (Å²) in [7, 11) is 1.45. The van der Waals surface area contributed by atoms with Crippen LogP contribution in [0.4, 0.5) is 4.79 Å². The van der Waals surface area contributed by atoms with Gasteiger partial charge in [-0.25, -0.2) is 14.5 Å². The molecule has 3 rings (SSSR count). The largest absolute Gasteiger partial charge is 0.460 e. The van der Waals surface area contributed by atoms with Crippen molar-refractivity contribution >= 4 is 29.8 Å². The summed E-state index contributed by atoms with van der Waals surface area (Å²) in [6, 6.07) is 15.8. The maximum atomic E-state index is 13.9. The lowest BCUT2D eigenvalue weighted by Crippen LogP contribution is -2.51. The molecule has 1 saturated heterocycles. The van der Waals surface area contributed by atoms with Gasteiger partial charge in [0.2, 0.25) is 5.91 Å². The van der Waals surface area contributed by atoms with Crippen molar-refractivity contribution in [1.82, 2.24) is 9.80 Å². The van der Waals surface area contributed by atoms with Crippen molar-refractivity contribution in [2.45, 2.75) is 59.0 Å². The number of imide groups is 1. The van der Waals surface area contributed by atoms with Crippen molar-refractivity contribution in [3.8, 4) is 0 Å². The lowest BCUT2D eigenvalue weighted by atomic mass is 9.88. The van der Waals surface area contributed by atoms with Gasteiger partial charge in [0.25, 0.3) is 0 Å². The molecule has 2 aromatic carbocycles. The van der Waals surface area contributed by atoms with Gasteiger partial charge in [-0.05, 0) is 38.3 Å². The van der Waals surface area contributed by atoms with E-state index in [0.29, 0.717) is 11.1 Å². The zero-order valence-corrected chi connectivity index (χ0v) is 23.5. The number of nitrogens with zero attached hydrogens (tertiary/aromatic N) is 2. The number of carbonyl (C=O) groups is 5. The summed E-state index contributed by atoms with van der Waals surface area (Å²) in [5, 5.41) is 0. The number of benzene rings is 2. The second-order valence-electron chi connectivity index (χ2n) is 10.6. The molecule has 0 spiro atoms. The fourth-order valence-electron chi connectivity index (χ4n) is 4.33. The highest BCUT2D eigenvalue weighted by molar-refractivity contribution is 6.06. The number of amides is 3. The first-order valence-electron chi connectivity index (χ1n) is 13.1. The minimum Gasteiger partial charge on any atom is -0.460 e. The Morgan fingerprint density at radius 1 is 0.875 bits per heavy atom. The van der Waals surface area contributed by atoms with Crippen molar-refractivity contribution in [2.24, 2.45) is 11.8 Å². The molecular formula is C30H36N2O8. The Bertz CT molecular complexity index is 1150. The van der Waals surface area contributed by atoms with Crippen LogP contribution in [0.3, 0.4) is 0 Å². The van der Waals surface area contributed by atoms with Crippen LogP contribution in [0.2, 0.25) is 0 Å². The Morgan fingerprint density at radius 2 is 1.35 bits per heavy atom. The van der Waals surface area contributed by atoms with E-state index < -0.39 is 53.3 Å². The van der Waals surface area contributed by atoms with Crippen LogP contribution < -0.4 is 0 Å². The topological polar surface area (TPSA) is 120 Å². The average Bonchev–Trinajstić information content (AvgIpc) is 3.22. The summed E-state index contributed by atoms with van der Waals surface area (Å²) in [5.74, 6) is -6.53. The van der Waals surface area contributed by atoms with Gasteiger partial charge in [-0.2, -0.15) is 0 Å². The van der Waals surface area contributed by atoms with Crippen molar-refractivity contribution in [3.05, 3.63) is 71.8 Å². The third-order valence-electron chi connectivity index (χ3n) is 6.32. The van der Waals surface area contributed by atoms with Gasteiger partial charge in [0, 0.05) is 7.05 Å². The summed E-state index contributed by atoms with van der Waals surface area (Å²) in [5.41, 5.74) is 0.520. The molecule has 0 aliphatic carbocycles. The quantitative estimate of drug-likeness (QED) is 0.249. The minimum atomic E-state index is -1.66. The molecule has 214 valence electrons. The molecule has 0 unspecified atom stereocenters. The number of urea groups is 1. The molecule has 0 aromatic heterocycles. The number of hydrogen-bond acceptors (Lipinski definition) is 8. The predicted octanol–water partition coefficient (Wildman–Crippen LogP) is 3.72. The Morgan fingerprint density at radius 3 is 1.77 bits per heavy atom. The standard InChI is InChI=1S/C30H36N2O8/c1-6-22(25(33)32-23(17-31(5)29(32)37)26(34)40-30(2,3)4)24(27(35)38-18-20-13-9-7-10-14-20)28(36)39-19-21-15-11-8-12-16-21/h7-16,22-24H,6,17-19H2,1-5H3/t22-,23-/m0/s1. The van der Waals surface area contributed by atoms with Crippen molar-refractivity contribution < 1.29 is 38.2 Å². The molecule has 1 heterocycles. The van der Waals surface area contributed by atoms with E-state index in [1.165, 1.54) is 11.9 Å². The summed E-state index contributed by atoms with van der Waals surface area (Å²) in [6.07, 6.45) is -0.00108. The molecule has 1 fully saturated rings. The molecular weight excluding hydrogens is 516 g/mol. The van der Waals surface area contributed by atoms with Crippen LogP contribution >= 0.6 is 0 Å². The van der Waals surface area contributed by atoms with Gasteiger partial charge < -0.3 is 19.1 Å². The van der Waals surface area contributed by atoms with Crippen molar-refractivity contribution in [3.63, 3.8) is 0 Å². The lowest BCUT2D eigenvalue weighted by molar-refractivity contribution is -0.170. The van der Waals surface area contributed by atoms with Gasteiger partial charge in [0.1, 0.15) is 18.8 Å². The van der Waals surface area contributed by atoms with Gasteiger partial charge in [-0.15, -0.1) is 0 Å². The fraction of sp³-hybridized carbons (Fsp3) is 0.433. The third-order valence-corrected chi connectivity index (χ3v) is 6.32. The molecule has 0 bridgehead atoms. The van der Waals surface area contributed by atoms with Gasteiger partial charge in [0.05, 0.1) is 12.5 Å². The molecule has 0 saturated carbocycles. The summed E-state index contributed by atoms with van der Waals surface area (Å²) < 4.78 is 16.3. The molecule has 0 N–H and O–H groups in total. The molecule has 40 heavy (non-hydrogen) atoms. The highest BCUT2D eigenvalue weighted by Gasteiger charge is 2.51. The summed E-state index contributed by atoms with van der Waals surface area (Å²) >= 11 is 0. The van der Waals surface area contributed by atoms with E-state index in [9.17, 15) is 24.0 Å². The predicted molar refractivity (Wildman–Crippen MR) is 144 cm³/mol. The van der Waals surface area contributed by atoms with Gasteiger partial charge >= 0.3 is 23.9 Å². The number of likely N-dealkylation sites (N-methyl/N-ethyl adjacent to an activating group) is 1. The van der Waals surface area contributed by atoms with Crippen LogP contribution in [-0.2, 0) is 46.6 Å². The van der Waals surface area contributed by atoms with Crippen molar-refractivity contribution in [2.75, 3.05) is 13.6 Å². The first kappa shape index (κ1) is 30.3. The second kappa shape index (κ2) is 13.2. The molecule has 2 aromatic rings. The molecule has 10 nitrogen and oxygen atoms in total. The van der Waals surface area contributed by atoms with E-state index in [2.05, 4.69) is 0 Å². The highest BCUT2D eigenvalue weighted by atomic mass is 16.6. The van der Waals surface area contributed by atoms with Crippen LogP contribution in [0.25, 0.3) is 0 Å². The SMILES string of the molecule is CC[C@H](C(=O)N1C(=O)N(C)C[C@H]1C(=O)OC(C)(C)C)C(C(=O)OCc1ccccc1)C(=O)OCc1ccccc1. The summed E-state index contributed by atoms with van der Waals surface area (Å²) in [6.45, 7) is 6.29. The first-order chi connectivity index (χ1) is 18.9. The number of rotatable bonds is 10. The smallest absolute Gasteiger partial charge is 0.331 e. The molecule has 10 heteroatoms. The monoisotopic (exact) mass is 552 g/mol. The van der Waals surface area contributed by atoms with E-state index in [4.69, 9.17) is 14.2 Å². The summed E-state index contributed by atoms with van der Waals surface area (Å²) in [4.78, 5) is 68.6. The number of esters is 3. The van der Waals surface area contributed by atoms with Crippen molar-refractivity contribution in [1.29, 1.82) is 0 Å². The Labute approximate surface area is 234 Å². The lowest BCUT2D eigenvalue weighted by Gasteiger charge is -2.29. The van der Waals surface area contributed by atoms with Crippen LogP contribution in [0, 0.1) is 11.8 Å². The van der Waals surface area contributed by atoms with E-state index in [1.54, 1.807) is 76.2 Å². The number of ether oxygens (including phenoxy) is 3. The first-order valence-corrected chi connectivity index (χ1v) is 13.1. The Hall–Kier alpha value is -4.21. The highest BCUT2D eigenvalue weighted by Crippen LogP contribution is 2.28. The maximum Gasteiger partial charge on any atom is 0.331 e. The number of hydrogen-bond donors (Lipinski definition) is 0. The van der Waals surface area contributed by atoms with Crippen LogP contribution in [0.1, 0.15) is 45.2 Å². The van der Waals surface area contributed by atoms with E-state index in [-0.39, 0.29) is 26.2 Å². The van der Waals surface area contributed by atoms with Gasteiger partial charge in [-0.1, -0.05) is 67.6 Å². The molecule has 0 radical (unpaired) electrons. The van der Waals surface area contributed by atoms with Crippen LogP contribution in [0.15, 0.2) is 60.7 Å². The Kier molecular flexibility index (Phi) is 10.0. The minimum absolute atomic E-state index is 0.00108. The Balaban J connectivity index is 1.89. The third kappa shape index (κ3) is 7.68. The average molecular weight is 553 g/mol. The maximum absolute atomic E-state index is 13.9. The van der Waals surface area contributed by atoms with Crippen LogP contribution in [0.5, 0.6) is 0 Å². The number of carbonyl (C=O) groups excluding carboxylic acids is 5.